The van der Waals surface area contributed by atoms with E-state index in [-0.39, 0.29) is 22.2 Å². The highest BCUT2D eigenvalue weighted by atomic mass is 32.2. The van der Waals surface area contributed by atoms with Crippen molar-refractivity contribution in [1.82, 2.24) is 0 Å². The van der Waals surface area contributed by atoms with Gasteiger partial charge in [0.05, 0.1) is 10.5 Å². The van der Waals surface area contributed by atoms with E-state index < -0.39 is 9.84 Å². The lowest BCUT2D eigenvalue weighted by Crippen LogP contribution is -2.36. The van der Waals surface area contributed by atoms with Gasteiger partial charge in [-0.1, -0.05) is 37.6 Å². The molecule has 120 valence electrons. The minimum atomic E-state index is -2.95. The Morgan fingerprint density at radius 1 is 1.09 bits per heavy atom. The Bertz CT molecular complexity index is 625. The molecule has 3 nitrogen and oxygen atoms in total. The molecular formula is C18H24O3S. The summed E-state index contributed by atoms with van der Waals surface area (Å²) in [6.45, 7) is 2.17. The highest BCUT2D eigenvalue weighted by Gasteiger charge is 2.48. The number of hydrogen-bond donors (Lipinski definition) is 0. The summed E-state index contributed by atoms with van der Waals surface area (Å²) in [5.41, 5.74) is 2.01. The largest absolute Gasteiger partial charge is 0.294 e. The number of hydrogen-bond acceptors (Lipinski definition) is 3. The van der Waals surface area contributed by atoms with Crippen LogP contribution >= 0.6 is 0 Å². The number of carbonyl (C=O) groups is 1. The minimum Gasteiger partial charge on any atom is -0.294 e. The minimum absolute atomic E-state index is 0.109. The van der Waals surface area contributed by atoms with Crippen molar-refractivity contribution in [2.24, 2.45) is 5.92 Å². The molecule has 0 aliphatic carbocycles. The van der Waals surface area contributed by atoms with Crippen LogP contribution in [0, 0.1) is 5.92 Å². The molecule has 2 atom stereocenters. The molecule has 1 aromatic rings. The van der Waals surface area contributed by atoms with Crippen LogP contribution in [0.25, 0.3) is 0 Å². The molecule has 2 bridgehead atoms. The Balaban J connectivity index is 1.70. The summed E-state index contributed by atoms with van der Waals surface area (Å²) in [4.78, 5) is 12.7. The van der Waals surface area contributed by atoms with Crippen LogP contribution in [-0.2, 0) is 16.3 Å². The van der Waals surface area contributed by atoms with Crippen LogP contribution in [0.2, 0.25) is 0 Å². The lowest BCUT2D eigenvalue weighted by molar-refractivity contribution is 0.0905. The molecule has 3 rings (SSSR count). The summed E-state index contributed by atoms with van der Waals surface area (Å²) in [6.07, 6.45) is 5.91. The highest BCUT2D eigenvalue weighted by Crippen LogP contribution is 2.42. The van der Waals surface area contributed by atoms with Crippen LogP contribution in [0.1, 0.15) is 61.4 Å². The molecule has 2 unspecified atom stereocenters. The van der Waals surface area contributed by atoms with Gasteiger partial charge in [0.15, 0.2) is 15.6 Å². The Hall–Kier alpha value is -1.16. The van der Waals surface area contributed by atoms with E-state index in [1.165, 1.54) is 12.0 Å². The number of unbranched alkanes of at least 4 members (excludes halogenated alkanes) is 1. The Labute approximate surface area is 133 Å². The molecule has 0 amide bonds. The van der Waals surface area contributed by atoms with Crippen molar-refractivity contribution < 1.29 is 13.2 Å². The lowest BCUT2D eigenvalue weighted by Gasteiger charge is -2.27. The first-order valence-corrected chi connectivity index (χ1v) is 9.99. The number of benzene rings is 1. The molecule has 2 saturated heterocycles. The van der Waals surface area contributed by atoms with Crippen molar-refractivity contribution in [1.29, 1.82) is 0 Å². The van der Waals surface area contributed by atoms with E-state index in [9.17, 15) is 13.2 Å². The first-order valence-electron chi connectivity index (χ1n) is 8.38. The first-order chi connectivity index (χ1) is 10.5. The van der Waals surface area contributed by atoms with Crippen LogP contribution in [0.15, 0.2) is 24.3 Å². The van der Waals surface area contributed by atoms with Crippen LogP contribution < -0.4 is 0 Å². The van der Waals surface area contributed by atoms with Crippen molar-refractivity contribution in [2.75, 3.05) is 0 Å². The van der Waals surface area contributed by atoms with Gasteiger partial charge in [-0.2, -0.15) is 0 Å². The van der Waals surface area contributed by atoms with Gasteiger partial charge in [0.25, 0.3) is 0 Å². The number of ketones is 1. The molecule has 0 spiro atoms. The Morgan fingerprint density at radius 2 is 1.68 bits per heavy atom. The monoisotopic (exact) mass is 320 g/mol. The molecule has 0 aromatic heterocycles. The summed E-state index contributed by atoms with van der Waals surface area (Å²) >= 11 is 0. The predicted octanol–water partition coefficient (Wildman–Crippen LogP) is 3.57. The zero-order valence-corrected chi connectivity index (χ0v) is 13.9. The second-order valence-corrected chi connectivity index (χ2v) is 9.25. The number of sulfone groups is 1. The van der Waals surface area contributed by atoms with Gasteiger partial charge in [-0.3, -0.25) is 4.79 Å². The highest BCUT2D eigenvalue weighted by molar-refractivity contribution is 7.93. The third kappa shape index (κ3) is 2.85. The van der Waals surface area contributed by atoms with Crippen LogP contribution in [0.4, 0.5) is 0 Å². The molecule has 2 aliphatic heterocycles. The molecule has 2 heterocycles. The number of aryl methyl sites for hydroxylation is 1. The molecule has 0 N–H and O–H groups in total. The summed E-state index contributed by atoms with van der Waals surface area (Å²) in [5, 5.41) is -0.548. The Morgan fingerprint density at radius 3 is 2.23 bits per heavy atom. The molecule has 2 fully saturated rings. The zero-order valence-electron chi connectivity index (χ0n) is 13.1. The fourth-order valence-electron chi connectivity index (χ4n) is 3.87. The quantitative estimate of drug-likeness (QED) is 0.779. The number of fused-ring (bicyclic) bond motifs is 2. The van der Waals surface area contributed by atoms with Crippen LogP contribution in [-0.4, -0.2) is 24.7 Å². The second-order valence-electron chi connectivity index (χ2n) is 6.74. The van der Waals surface area contributed by atoms with Gasteiger partial charge >= 0.3 is 0 Å². The van der Waals surface area contributed by atoms with Crippen molar-refractivity contribution in [3.05, 3.63) is 35.4 Å². The van der Waals surface area contributed by atoms with E-state index in [0.717, 1.165) is 31.2 Å². The molecule has 0 saturated carbocycles. The van der Waals surface area contributed by atoms with Crippen LogP contribution in [0.3, 0.4) is 0 Å². The van der Waals surface area contributed by atoms with Gasteiger partial charge in [0, 0.05) is 11.5 Å². The lowest BCUT2D eigenvalue weighted by atomic mass is 9.90. The van der Waals surface area contributed by atoms with E-state index in [4.69, 9.17) is 0 Å². The molecule has 2 aliphatic rings. The maximum atomic E-state index is 12.7. The fraction of sp³-hybridized carbons (Fsp3) is 0.611. The number of Topliss-reactive ketones (excluding diaryl/α,β-unsaturated/α-hetero) is 1. The summed E-state index contributed by atoms with van der Waals surface area (Å²) in [5.74, 6) is 0.0244. The van der Waals surface area contributed by atoms with Crippen molar-refractivity contribution >= 4 is 15.6 Å². The SMILES string of the molecule is CCCCc1ccc(C(=O)C2CC3CCC(C2)S3(=O)=O)cc1. The zero-order chi connectivity index (χ0) is 15.7. The average molecular weight is 320 g/mol. The number of rotatable bonds is 5. The van der Waals surface area contributed by atoms with Gasteiger partial charge < -0.3 is 0 Å². The maximum absolute atomic E-state index is 12.7. The molecule has 0 radical (unpaired) electrons. The maximum Gasteiger partial charge on any atom is 0.166 e. The molecular weight excluding hydrogens is 296 g/mol. The van der Waals surface area contributed by atoms with Gasteiger partial charge in [0.1, 0.15) is 0 Å². The summed E-state index contributed by atoms with van der Waals surface area (Å²) < 4.78 is 24.2. The van der Waals surface area contributed by atoms with E-state index in [0.29, 0.717) is 12.8 Å². The van der Waals surface area contributed by atoms with Gasteiger partial charge in [-0.25, -0.2) is 8.42 Å². The molecule has 22 heavy (non-hydrogen) atoms. The fourth-order valence-corrected chi connectivity index (χ4v) is 6.35. The molecule has 4 heteroatoms. The first kappa shape index (κ1) is 15.7. The van der Waals surface area contributed by atoms with Crippen molar-refractivity contribution in [3.63, 3.8) is 0 Å². The van der Waals surface area contributed by atoms with Crippen molar-refractivity contribution in [2.45, 2.75) is 62.4 Å². The van der Waals surface area contributed by atoms with Gasteiger partial charge in [0.2, 0.25) is 0 Å². The van der Waals surface area contributed by atoms with E-state index in [1.54, 1.807) is 0 Å². The standard InChI is InChI=1S/C18H24O3S/c1-2-3-4-13-5-7-14(8-6-13)18(19)15-11-16-9-10-17(12-15)22(16,20)21/h5-8,15-17H,2-4,9-12H2,1H3. The summed E-state index contributed by atoms with van der Waals surface area (Å²) in [6, 6.07) is 7.91. The van der Waals surface area contributed by atoms with E-state index in [1.807, 2.05) is 24.3 Å². The Kier molecular flexibility index (Phi) is 4.40. The van der Waals surface area contributed by atoms with E-state index >= 15 is 0 Å². The third-order valence-corrected chi connectivity index (χ3v) is 7.98. The van der Waals surface area contributed by atoms with Gasteiger partial charge in [-0.15, -0.1) is 0 Å². The molecule has 1 aromatic carbocycles. The topological polar surface area (TPSA) is 51.2 Å². The van der Waals surface area contributed by atoms with Gasteiger partial charge in [-0.05, 0) is 44.1 Å². The summed E-state index contributed by atoms with van der Waals surface area (Å²) in [7, 11) is -2.95. The predicted molar refractivity (Wildman–Crippen MR) is 87.8 cm³/mol. The smallest absolute Gasteiger partial charge is 0.166 e. The second kappa shape index (κ2) is 6.15. The van der Waals surface area contributed by atoms with Crippen molar-refractivity contribution in [3.8, 4) is 0 Å². The third-order valence-electron chi connectivity index (χ3n) is 5.26. The van der Waals surface area contributed by atoms with Crippen LogP contribution in [0.5, 0.6) is 0 Å². The normalized spacial score (nSPS) is 29.4. The number of carbonyl (C=O) groups excluding carboxylic acids is 1. The van der Waals surface area contributed by atoms with E-state index in [2.05, 4.69) is 6.92 Å². The average Bonchev–Trinajstić information content (AvgIpc) is 2.71.